The highest BCUT2D eigenvalue weighted by molar-refractivity contribution is 5.77. The van der Waals surface area contributed by atoms with Crippen LogP contribution in [0.1, 0.15) is 24.7 Å². The third-order valence-corrected chi connectivity index (χ3v) is 5.93. The van der Waals surface area contributed by atoms with Crippen molar-refractivity contribution in [1.29, 1.82) is 0 Å². The molecular formula is C22H26N4O. The molecule has 0 bridgehead atoms. The maximum absolute atomic E-state index is 13.5. The largest absolute Gasteiger partial charge is 0.289 e. The van der Waals surface area contributed by atoms with Crippen LogP contribution in [0.2, 0.25) is 0 Å². The van der Waals surface area contributed by atoms with Crippen molar-refractivity contribution >= 4 is 10.9 Å². The molecular weight excluding hydrogens is 336 g/mol. The number of likely N-dealkylation sites (N-methyl/N-ethyl adjacent to an activating group) is 2. The average molecular weight is 362 g/mol. The number of hydrogen-bond acceptors (Lipinski definition) is 4. The molecule has 2 aromatic carbocycles. The Morgan fingerprint density at radius 1 is 0.963 bits per heavy atom. The standard InChI is InChI=1S/C22H26N4O/c1-4-22(24(2)14-15-25(22)3)21-23-19-13-9-8-12-18(19)20(27)26(21)16-17-10-6-5-7-11-17/h5-13H,4,14-16H2,1-3H3. The van der Waals surface area contributed by atoms with E-state index in [1.807, 2.05) is 47.0 Å². The molecule has 3 aromatic rings. The van der Waals surface area contributed by atoms with Gasteiger partial charge < -0.3 is 0 Å². The van der Waals surface area contributed by atoms with Gasteiger partial charge in [0.1, 0.15) is 11.5 Å². The molecule has 5 heteroatoms. The van der Waals surface area contributed by atoms with Crippen molar-refractivity contribution in [1.82, 2.24) is 19.4 Å². The molecule has 1 aliphatic rings. The Balaban J connectivity index is 2.01. The maximum Gasteiger partial charge on any atom is 0.261 e. The number of para-hydroxylation sites is 1. The van der Waals surface area contributed by atoms with Crippen LogP contribution in [0.5, 0.6) is 0 Å². The Morgan fingerprint density at radius 3 is 2.26 bits per heavy atom. The summed E-state index contributed by atoms with van der Waals surface area (Å²) in [6.07, 6.45) is 0.861. The lowest BCUT2D eigenvalue weighted by Gasteiger charge is -2.40. The molecule has 27 heavy (non-hydrogen) atoms. The summed E-state index contributed by atoms with van der Waals surface area (Å²) in [5.41, 5.74) is 1.52. The van der Waals surface area contributed by atoms with Crippen LogP contribution in [0, 0.1) is 0 Å². The van der Waals surface area contributed by atoms with Crippen molar-refractivity contribution in [2.24, 2.45) is 0 Å². The van der Waals surface area contributed by atoms with Gasteiger partial charge in [-0.25, -0.2) is 4.98 Å². The van der Waals surface area contributed by atoms with E-state index in [4.69, 9.17) is 4.98 Å². The lowest BCUT2D eigenvalue weighted by Crippen LogP contribution is -2.51. The van der Waals surface area contributed by atoms with Crippen LogP contribution >= 0.6 is 0 Å². The van der Waals surface area contributed by atoms with Crippen LogP contribution in [0.25, 0.3) is 10.9 Å². The second-order valence-electron chi connectivity index (χ2n) is 7.34. The molecule has 1 aliphatic heterocycles. The minimum Gasteiger partial charge on any atom is -0.289 e. The summed E-state index contributed by atoms with van der Waals surface area (Å²) in [6.45, 7) is 4.61. The van der Waals surface area contributed by atoms with Crippen LogP contribution in [0.4, 0.5) is 0 Å². The first-order valence-electron chi connectivity index (χ1n) is 9.54. The predicted octanol–water partition coefficient (Wildman–Crippen LogP) is 2.88. The van der Waals surface area contributed by atoms with Gasteiger partial charge >= 0.3 is 0 Å². The first kappa shape index (κ1) is 17.9. The highest BCUT2D eigenvalue weighted by Gasteiger charge is 2.46. The fourth-order valence-electron chi connectivity index (χ4n) is 4.39. The molecule has 1 saturated heterocycles. The Hall–Kier alpha value is -2.50. The topological polar surface area (TPSA) is 41.4 Å². The van der Waals surface area contributed by atoms with Gasteiger partial charge in [-0.15, -0.1) is 0 Å². The maximum atomic E-state index is 13.5. The van der Waals surface area contributed by atoms with Crippen LogP contribution in [0.3, 0.4) is 0 Å². The molecule has 0 amide bonds. The third-order valence-electron chi connectivity index (χ3n) is 5.93. The molecule has 0 unspecified atom stereocenters. The molecule has 4 rings (SSSR count). The third kappa shape index (κ3) is 2.78. The van der Waals surface area contributed by atoms with Crippen molar-refractivity contribution < 1.29 is 0 Å². The number of aromatic nitrogens is 2. The number of fused-ring (bicyclic) bond motifs is 1. The smallest absolute Gasteiger partial charge is 0.261 e. The number of nitrogens with zero attached hydrogens (tertiary/aromatic N) is 4. The van der Waals surface area contributed by atoms with E-state index in [0.717, 1.165) is 36.4 Å². The molecule has 0 N–H and O–H groups in total. The van der Waals surface area contributed by atoms with Gasteiger partial charge in [0.05, 0.1) is 17.4 Å². The lowest BCUT2D eigenvalue weighted by atomic mass is 10.0. The summed E-state index contributed by atoms with van der Waals surface area (Å²) >= 11 is 0. The quantitative estimate of drug-likeness (QED) is 0.716. The molecule has 140 valence electrons. The van der Waals surface area contributed by atoms with Gasteiger partial charge in [0.2, 0.25) is 0 Å². The van der Waals surface area contributed by atoms with Crippen LogP contribution < -0.4 is 5.56 Å². The van der Waals surface area contributed by atoms with E-state index >= 15 is 0 Å². The van der Waals surface area contributed by atoms with E-state index in [1.165, 1.54) is 0 Å². The van der Waals surface area contributed by atoms with Gasteiger partial charge in [0.25, 0.3) is 5.56 Å². The fourth-order valence-corrected chi connectivity index (χ4v) is 4.39. The zero-order valence-corrected chi connectivity index (χ0v) is 16.2. The van der Waals surface area contributed by atoms with Gasteiger partial charge in [-0.1, -0.05) is 49.4 Å². The summed E-state index contributed by atoms with van der Waals surface area (Å²) in [5, 5.41) is 0.673. The SMILES string of the molecule is CCC1(c2nc3ccccc3c(=O)n2Cc2ccccc2)N(C)CCN1C. The van der Waals surface area contributed by atoms with Crippen LogP contribution in [-0.4, -0.2) is 46.5 Å². The van der Waals surface area contributed by atoms with E-state index in [0.29, 0.717) is 11.9 Å². The molecule has 0 spiro atoms. The highest BCUT2D eigenvalue weighted by atomic mass is 16.1. The molecule has 0 radical (unpaired) electrons. The highest BCUT2D eigenvalue weighted by Crippen LogP contribution is 2.37. The summed E-state index contributed by atoms with van der Waals surface area (Å²) in [5.74, 6) is 0.833. The Labute approximate surface area is 159 Å². The normalized spacial score (nSPS) is 17.6. The van der Waals surface area contributed by atoms with Gasteiger partial charge in [0.15, 0.2) is 0 Å². The summed E-state index contributed by atoms with van der Waals surface area (Å²) < 4.78 is 1.87. The van der Waals surface area contributed by atoms with Crippen LogP contribution in [-0.2, 0) is 12.2 Å². The number of hydrogen-bond donors (Lipinski definition) is 0. The number of rotatable bonds is 4. The monoisotopic (exact) mass is 362 g/mol. The Bertz CT molecular complexity index is 1000. The van der Waals surface area contributed by atoms with Gasteiger partial charge in [-0.05, 0) is 38.2 Å². The van der Waals surface area contributed by atoms with Gasteiger partial charge in [-0.3, -0.25) is 19.2 Å². The lowest BCUT2D eigenvalue weighted by molar-refractivity contribution is 0.0268. The molecule has 5 nitrogen and oxygen atoms in total. The Morgan fingerprint density at radius 2 is 1.59 bits per heavy atom. The predicted molar refractivity (Wildman–Crippen MR) is 109 cm³/mol. The minimum absolute atomic E-state index is 0.0287. The number of benzene rings is 2. The summed E-state index contributed by atoms with van der Waals surface area (Å²) in [7, 11) is 4.25. The summed E-state index contributed by atoms with van der Waals surface area (Å²) in [4.78, 5) is 23.2. The van der Waals surface area contributed by atoms with E-state index in [1.54, 1.807) is 0 Å². The molecule has 0 aliphatic carbocycles. The Kier molecular flexibility index (Phi) is 4.58. The first-order chi connectivity index (χ1) is 13.1. The van der Waals surface area contributed by atoms with Crippen molar-refractivity contribution in [3.63, 3.8) is 0 Å². The van der Waals surface area contributed by atoms with Crippen molar-refractivity contribution in [2.75, 3.05) is 27.2 Å². The van der Waals surface area contributed by atoms with Crippen molar-refractivity contribution in [2.45, 2.75) is 25.6 Å². The zero-order chi connectivity index (χ0) is 19.0. The minimum atomic E-state index is -0.377. The fraction of sp³-hybridized carbons (Fsp3) is 0.364. The molecule has 1 fully saturated rings. The van der Waals surface area contributed by atoms with Gasteiger partial charge in [0, 0.05) is 13.1 Å². The van der Waals surface area contributed by atoms with Crippen LogP contribution in [0.15, 0.2) is 59.4 Å². The van der Waals surface area contributed by atoms with E-state index in [9.17, 15) is 4.79 Å². The van der Waals surface area contributed by atoms with E-state index in [-0.39, 0.29) is 11.2 Å². The second-order valence-corrected chi connectivity index (χ2v) is 7.34. The molecule has 1 aromatic heterocycles. The van der Waals surface area contributed by atoms with E-state index in [2.05, 4.69) is 43.0 Å². The van der Waals surface area contributed by atoms with Gasteiger partial charge in [-0.2, -0.15) is 0 Å². The van der Waals surface area contributed by atoms with Crippen molar-refractivity contribution in [3.8, 4) is 0 Å². The molecule has 0 saturated carbocycles. The molecule has 0 atom stereocenters. The average Bonchev–Trinajstić information content (AvgIpc) is 2.99. The zero-order valence-electron chi connectivity index (χ0n) is 16.2. The first-order valence-corrected chi connectivity index (χ1v) is 9.54. The second kappa shape index (κ2) is 6.91. The van der Waals surface area contributed by atoms with Crippen molar-refractivity contribution in [3.05, 3.63) is 76.3 Å². The summed E-state index contributed by atoms with van der Waals surface area (Å²) in [6, 6.07) is 17.8. The molecule has 2 heterocycles. The van der Waals surface area contributed by atoms with E-state index < -0.39 is 0 Å².